The van der Waals surface area contributed by atoms with Gasteiger partial charge in [0.05, 0.1) is 16.9 Å². The summed E-state index contributed by atoms with van der Waals surface area (Å²) >= 11 is 4.92. The molecule has 0 aliphatic rings. The maximum absolute atomic E-state index is 13.0. The Hall–Kier alpha value is -4.56. The van der Waals surface area contributed by atoms with E-state index >= 15 is 0 Å². The lowest BCUT2D eigenvalue weighted by molar-refractivity contribution is 0.0696. The molecule has 0 unspecified atom stereocenters. The molecule has 34 heavy (non-hydrogen) atoms. The molecular formula is C26H19N3O4S. The Labute approximate surface area is 200 Å². The number of amides is 2. The van der Waals surface area contributed by atoms with Gasteiger partial charge in [0.25, 0.3) is 11.8 Å². The number of nitrogens with one attached hydrogen (secondary N) is 2. The second kappa shape index (κ2) is 9.51. The highest BCUT2D eigenvalue weighted by atomic mass is 32.1. The molecule has 0 fully saturated rings. The van der Waals surface area contributed by atoms with Gasteiger partial charge in [-0.1, -0.05) is 54.7 Å². The highest BCUT2D eigenvalue weighted by molar-refractivity contribution is 7.80. The molecule has 5 N–H and O–H groups in total. The quantitative estimate of drug-likeness (QED) is 0.304. The Morgan fingerprint density at radius 1 is 0.647 bits per heavy atom. The summed E-state index contributed by atoms with van der Waals surface area (Å²) in [7, 11) is 0. The molecular weight excluding hydrogens is 450 g/mol. The maximum Gasteiger partial charge on any atom is 0.335 e. The van der Waals surface area contributed by atoms with E-state index in [1.165, 1.54) is 18.2 Å². The van der Waals surface area contributed by atoms with Gasteiger partial charge in [-0.05, 0) is 53.2 Å². The number of carboxylic acid groups (broad SMARTS) is 1. The van der Waals surface area contributed by atoms with Gasteiger partial charge in [-0.15, -0.1) is 0 Å². The summed E-state index contributed by atoms with van der Waals surface area (Å²) < 4.78 is 0. The average molecular weight is 470 g/mol. The minimum absolute atomic E-state index is 0.0346. The molecule has 0 saturated heterocycles. The summed E-state index contributed by atoms with van der Waals surface area (Å²) in [5, 5.41) is 16.7. The molecule has 4 aromatic carbocycles. The van der Waals surface area contributed by atoms with Gasteiger partial charge in [0.2, 0.25) is 0 Å². The predicted octanol–water partition coefficient (Wildman–Crippen LogP) is 4.68. The van der Waals surface area contributed by atoms with Crippen LogP contribution in [-0.4, -0.2) is 27.9 Å². The van der Waals surface area contributed by atoms with E-state index < -0.39 is 17.8 Å². The van der Waals surface area contributed by atoms with Crippen molar-refractivity contribution in [1.82, 2.24) is 0 Å². The standard InChI is InChI=1S/C26H19N3O4S/c27-23(34)16-6-8-17(9-7-16)24(30)28-21-12-11-20(26(32)33)14-22(21)29-25(31)19-10-5-15-3-1-2-4-18(15)13-19/h1-14H,(H2,27,34)(H,28,30)(H,29,31)(H,32,33). The third-order valence-electron chi connectivity index (χ3n) is 5.21. The Morgan fingerprint density at radius 2 is 1.21 bits per heavy atom. The highest BCUT2D eigenvalue weighted by Gasteiger charge is 2.16. The number of aromatic carboxylic acids is 1. The van der Waals surface area contributed by atoms with E-state index in [-0.39, 0.29) is 21.9 Å². The topological polar surface area (TPSA) is 122 Å². The molecule has 4 rings (SSSR count). The lowest BCUT2D eigenvalue weighted by Crippen LogP contribution is -2.18. The van der Waals surface area contributed by atoms with Gasteiger partial charge in [0.15, 0.2) is 0 Å². The van der Waals surface area contributed by atoms with Crippen LogP contribution < -0.4 is 16.4 Å². The molecule has 0 aromatic heterocycles. The molecule has 2 amide bonds. The van der Waals surface area contributed by atoms with E-state index in [1.54, 1.807) is 36.4 Å². The summed E-state index contributed by atoms with van der Waals surface area (Å²) in [6.45, 7) is 0. The molecule has 0 aliphatic heterocycles. The summed E-state index contributed by atoms with van der Waals surface area (Å²) in [6.07, 6.45) is 0. The van der Waals surface area contributed by atoms with E-state index in [4.69, 9.17) is 18.0 Å². The summed E-state index contributed by atoms with van der Waals surface area (Å²) in [5.74, 6) is -2.05. The maximum atomic E-state index is 13.0. The van der Waals surface area contributed by atoms with Gasteiger partial charge >= 0.3 is 5.97 Å². The van der Waals surface area contributed by atoms with Crippen LogP contribution in [0.3, 0.4) is 0 Å². The number of hydrogen-bond donors (Lipinski definition) is 4. The number of rotatable bonds is 6. The van der Waals surface area contributed by atoms with Crippen LogP contribution in [0, 0.1) is 0 Å². The Bertz CT molecular complexity index is 1450. The largest absolute Gasteiger partial charge is 0.478 e. The van der Waals surface area contributed by atoms with E-state index in [1.807, 2.05) is 30.3 Å². The predicted molar refractivity (Wildman–Crippen MR) is 136 cm³/mol. The third-order valence-corrected chi connectivity index (χ3v) is 5.44. The normalized spacial score (nSPS) is 10.5. The number of carboxylic acids is 1. The van der Waals surface area contributed by atoms with Crippen LogP contribution in [0.2, 0.25) is 0 Å². The van der Waals surface area contributed by atoms with Gasteiger partial charge in [-0.25, -0.2) is 4.79 Å². The summed E-state index contributed by atoms with van der Waals surface area (Å²) in [5.41, 5.74) is 7.33. The lowest BCUT2D eigenvalue weighted by atomic mass is 10.1. The molecule has 0 aliphatic carbocycles. The number of thiocarbonyl (C=S) groups is 1. The molecule has 168 valence electrons. The molecule has 0 atom stereocenters. The van der Waals surface area contributed by atoms with Crippen LogP contribution in [0.5, 0.6) is 0 Å². The van der Waals surface area contributed by atoms with Gasteiger partial charge < -0.3 is 21.5 Å². The minimum Gasteiger partial charge on any atom is -0.478 e. The van der Waals surface area contributed by atoms with Crippen LogP contribution in [0.1, 0.15) is 36.6 Å². The number of nitrogens with two attached hydrogens (primary N) is 1. The third kappa shape index (κ3) is 4.92. The van der Waals surface area contributed by atoms with Crippen molar-refractivity contribution in [3.63, 3.8) is 0 Å². The van der Waals surface area contributed by atoms with Crippen molar-refractivity contribution in [3.05, 3.63) is 107 Å². The number of carbonyl (C=O) groups excluding carboxylic acids is 2. The number of hydrogen-bond acceptors (Lipinski definition) is 4. The zero-order valence-electron chi connectivity index (χ0n) is 17.7. The van der Waals surface area contributed by atoms with Crippen LogP contribution in [-0.2, 0) is 0 Å². The Morgan fingerprint density at radius 3 is 1.88 bits per heavy atom. The van der Waals surface area contributed by atoms with Crippen LogP contribution in [0.25, 0.3) is 10.8 Å². The smallest absolute Gasteiger partial charge is 0.335 e. The monoisotopic (exact) mass is 469 g/mol. The molecule has 0 heterocycles. The molecule has 0 spiro atoms. The van der Waals surface area contributed by atoms with E-state index in [0.29, 0.717) is 16.7 Å². The van der Waals surface area contributed by atoms with E-state index in [0.717, 1.165) is 10.8 Å². The minimum atomic E-state index is -1.16. The molecule has 7 nitrogen and oxygen atoms in total. The van der Waals surface area contributed by atoms with Crippen molar-refractivity contribution in [3.8, 4) is 0 Å². The second-order valence-corrected chi connectivity index (χ2v) is 7.92. The summed E-state index contributed by atoms with van der Waals surface area (Å²) in [4.78, 5) is 37.4. The fourth-order valence-electron chi connectivity index (χ4n) is 3.40. The first-order chi connectivity index (χ1) is 16.3. The second-order valence-electron chi connectivity index (χ2n) is 7.48. The Kier molecular flexibility index (Phi) is 6.33. The van der Waals surface area contributed by atoms with Crippen LogP contribution in [0.4, 0.5) is 11.4 Å². The SMILES string of the molecule is NC(=S)c1ccc(C(=O)Nc2ccc(C(=O)O)cc2NC(=O)c2ccc3ccccc3c2)cc1. The molecule has 8 heteroatoms. The van der Waals surface area contributed by atoms with Gasteiger partial charge in [0.1, 0.15) is 4.99 Å². The van der Waals surface area contributed by atoms with Crippen molar-refractivity contribution >= 4 is 57.1 Å². The van der Waals surface area contributed by atoms with E-state index in [9.17, 15) is 19.5 Å². The highest BCUT2D eigenvalue weighted by Crippen LogP contribution is 2.26. The van der Waals surface area contributed by atoms with Crippen molar-refractivity contribution in [2.75, 3.05) is 10.6 Å². The van der Waals surface area contributed by atoms with Crippen molar-refractivity contribution in [1.29, 1.82) is 0 Å². The van der Waals surface area contributed by atoms with Crippen molar-refractivity contribution in [2.45, 2.75) is 0 Å². The van der Waals surface area contributed by atoms with Crippen molar-refractivity contribution in [2.24, 2.45) is 5.73 Å². The number of carbonyl (C=O) groups is 3. The first kappa shape index (κ1) is 22.6. The Balaban J connectivity index is 1.62. The van der Waals surface area contributed by atoms with Gasteiger partial charge in [0, 0.05) is 16.7 Å². The number of anilines is 2. The molecule has 0 bridgehead atoms. The lowest BCUT2D eigenvalue weighted by Gasteiger charge is -2.14. The number of benzene rings is 4. The van der Waals surface area contributed by atoms with Gasteiger partial charge in [-0.3, -0.25) is 9.59 Å². The van der Waals surface area contributed by atoms with Crippen LogP contribution in [0.15, 0.2) is 84.9 Å². The molecule has 4 aromatic rings. The van der Waals surface area contributed by atoms with Crippen LogP contribution >= 0.6 is 12.2 Å². The first-order valence-electron chi connectivity index (χ1n) is 10.2. The molecule has 0 saturated carbocycles. The van der Waals surface area contributed by atoms with Gasteiger partial charge in [-0.2, -0.15) is 0 Å². The average Bonchev–Trinajstić information content (AvgIpc) is 2.84. The fourth-order valence-corrected chi connectivity index (χ4v) is 3.53. The molecule has 0 radical (unpaired) electrons. The summed E-state index contributed by atoms with van der Waals surface area (Å²) in [6, 6.07) is 23.4. The number of fused-ring (bicyclic) bond motifs is 1. The van der Waals surface area contributed by atoms with E-state index in [2.05, 4.69) is 10.6 Å². The zero-order valence-corrected chi connectivity index (χ0v) is 18.6. The fraction of sp³-hybridized carbons (Fsp3) is 0. The zero-order chi connectivity index (χ0) is 24.2. The first-order valence-corrected chi connectivity index (χ1v) is 10.6. The van der Waals surface area contributed by atoms with Crippen molar-refractivity contribution < 1.29 is 19.5 Å².